The molecule has 1 aliphatic rings. The smallest absolute Gasteiger partial charge is 0.0795 e. The van der Waals surface area contributed by atoms with Crippen molar-refractivity contribution in [2.75, 3.05) is 7.05 Å². The maximum Gasteiger partial charge on any atom is 0.0795 e. The van der Waals surface area contributed by atoms with Crippen molar-refractivity contribution in [3.05, 3.63) is 52.0 Å². The van der Waals surface area contributed by atoms with E-state index in [-0.39, 0.29) is 6.04 Å². The van der Waals surface area contributed by atoms with E-state index < -0.39 is 0 Å². The molecule has 1 unspecified atom stereocenters. The number of hydrogen-bond donors (Lipinski definition) is 1. The Balaban J connectivity index is 1.99. The van der Waals surface area contributed by atoms with Crippen LogP contribution in [0.2, 0.25) is 0 Å². The monoisotopic (exact) mass is 258 g/mol. The van der Waals surface area contributed by atoms with Gasteiger partial charge in [-0.1, -0.05) is 30.7 Å². The molecule has 1 aliphatic carbocycles. The molecule has 3 rings (SSSR count). The van der Waals surface area contributed by atoms with Crippen molar-refractivity contribution in [1.29, 1.82) is 0 Å². The molecule has 1 N–H and O–H groups in total. The third kappa shape index (κ3) is 2.08. The van der Waals surface area contributed by atoms with E-state index in [2.05, 4.69) is 39.9 Å². The van der Waals surface area contributed by atoms with Crippen LogP contribution in [0.15, 0.2) is 35.2 Å². The van der Waals surface area contributed by atoms with Gasteiger partial charge in [-0.25, -0.2) is 4.98 Å². The zero-order chi connectivity index (χ0) is 12.4. The number of nitrogens with one attached hydrogen (secondary N) is 1. The summed E-state index contributed by atoms with van der Waals surface area (Å²) >= 11 is 1.66. The summed E-state index contributed by atoms with van der Waals surface area (Å²) in [5.41, 5.74) is 5.95. The number of hydrogen-bond acceptors (Lipinski definition) is 3. The van der Waals surface area contributed by atoms with Crippen LogP contribution >= 0.6 is 11.3 Å². The molecule has 2 aromatic rings. The van der Waals surface area contributed by atoms with E-state index in [1.807, 2.05) is 12.6 Å². The fourth-order valence-corrected chi connectivity index (χ4v) is 3.27. The summed E-state index contributed by atoms with van der Waals surface area (Å²) in [5, 5.41) is 5.55. The Kier molecular flexibility index (Phi) is 3.43. The molecule has 1 saturated carbocycles. The molecule has 2 nitrogen and oxygen atoms in total. The summed E-state index contributed by atoms with van der Waals surface area (Å²) in [7, 11) is 2.02. The fraction of sp³-hybridized carbons (Fsp3) is 0.400. The lowest BCUT2D eigenvalue weighted by atomic mass is 9.77. The molecule has 0 aliphatic heterocycles. The van der Waals surface area contributed by atoms with Gasteiger partial charge in [0.1, 0.15) is 0 Å². The van der Waals surface area contributed by atoms with Gasteiger partial charge in [-0.05, 0) is 36.9 Å². The van der Waals surface area contributed by atoms with Gasteiger partial charge in [0.15, 0.2) is 0 Å². The van der Waals surface area contributed by atoms with E-state index in [4.69, 9.17) is 0 Å². The Morgan fingerprint density at radius 2 is 2.17 bits per heavy atom. The average molecular weight is 258 g/mol. The highest BCUT2D eigenvalue weighted by Gasteiger charge is 2.25. The standard InChI is InChI=1S/C15H18N2S/c1-16-15(14-9-18-10-17-14)13-8-3-2-7-12(13)11-5-4-6-11/h2-3,7-11,15-16H,4-6H2,1H3. The minimum Gasteiger partial charge on any atom is -0.308 e. The van der Waals surface area contributed by atoms with Crippen LogP contribution in [0.25, 0.3) is 0 Å². The first kappa shape index (κ1) is 11.9. The Labute approximate surface area is 112 Å². The lowest BCUT2D eigenvalue weighted by molar-refractivity contribution is 0.415. The zero-order valence-corrected chi connectivity index (χ0v) is 11.4. The maximum atomic E-state index is 4.46. The molecule has 0 saturated heterocycles. The number of thiazole rings is 1. The minimum absolute atomic E-state index is 0.230. The van der Waals surface area contributed by atoms with Crippen LogP contribution in [0.4, 0.5) is 0 Å². The molecule has 0 radical (unpaired) electrons. The minimum atomic E-state index is 0.230. The topological polar surface area (TPSA) is 24.9 Å². The molecule has 1 aromatic carbocycles. The number of benzene rings is 1. The largest absolute Gasteiger partial charge is 0.308 e. The van der Waals surface area contributed by atoms with Crippen molar-refractivity contribution in [3.63, 3.8) is 0 Å². The van der Waals surface area contributed by atoms with Crippen molar-refractivity contribution < 1.29 is 0 Å². The van der Waals surface area contributed by atoms with Crippen LogP contribution in [-0.2, 0) is 0 Å². The Morgan fingerprint density at radius 3 is 2.78 bits per heavy atom. The maximum absolute atomic E-state index is 4.46. The Bertz CT molecular complexity index is 503. The van der Waals surface area contributed by atoms with Gasteiger partial charge in [0.2, 0.25) is 0 Å². The van der Waals surface area contributed by atoms with Gasteiger partial charge < -0.3 is 5.32 Å². The van der Waals surface area contributed by atoms with Gasteiger partial charge >= 0.3 is 0 Å². The predicted molar refractivity (Wildman–Crippen MR) is 76.1 cm³/mol. The van der Waals surface area contributed by atoms with Crippen molar-refractivity contribution in [3.8, 4) is 0 Å². The summed E-state index contributed by atoms with van der Waals surface area (Å²) in [4.78, 5) is 4.46. The van der Waals surface area contributed by atoms with Gasteiger partial charge in [0.05, 0.1) is 17.2 Å². The molecule has 0 bridgehead atoms. The zero-order valence-electron chi connectivity index (χ0n) is 10.6. The molecule has 1 fully saturated rings. The summed E-state index contributed by atoms with van der Waals surface area (Å²) in [5.74, 6) is 0.760. The summed E-state index contributed by atoms with van der Waals surface area (Å²) in [6.45, 7) is 0. The second-order valence-electron chi connectivity index (χ2n) is 4.89. The molecule has 0 spiro atoms. The van der Waals surface area contributed by atoms with E-state index in [0.29, 0.717) is 0 Å². The second kappa shape index (κ2) is 5.21. The van der Waals surface area contributed by atoms with Crippen LogP contribution < -0.4 is 5.32 Å². The van der Waals surface area contributed by atoms with E-state index in [1.54, 1.807) is 11.3 Å². The normalized spacial score (nSPS) is 17.4. The lowest BCUT2D eigenvalue weighted by Gasteiger charge is -2.30. The first-order chi connectivity index (χ1) is 8.90. The van der Waals surface area contributed by atoms with Crippen LogP contribution in [-0.4, -0.2) is 12.0 Å². The van der Waals surface area contributed by atoms with Crippen LogP contribution in [0.3, 0.4) is 0 Å². The van der Waals surface area contributed by atoms with E-state index in [0.717, 1.165) is 11.6 Å². The van der Waals surface area contributed by atoms with Crippen LogP contribution in [0.1, 0.15) is 48.0 Å². The molecular formula is C15H18N2S. The molecule has 3 heteroatoms. The molecule has 1 heterocycles. The quantitative estimate of drug-likeness (QED) is 0.904. The van der Waals surface area contributed by atoms with Gasteiger partial charge in [0, 0.05) is 5.38 Å². The molecule has 1 aromatic heterocycles. The number of aromatic nitrogens is 1. The first-order valence-corrected chi connectivity index (χ1v) is 7.48. The van der Waals surface area contributed by atoms with Gasteiger partial charge in [-0.3, -0.25) is 0 Å². The van der Waals surface area contributed by atoms with Gasteiger partial charge in [-0.15, -0.1) is 11.3 Å². The summed E-state index contributed by atoms with van der Waals surface area (Å²) in [6, 6.07) is 9.05. The third-order valence-electron chi connectivity index (χ3n) is 3.89. The van der Waals surface area contributed by atoms with Crippen molar-refractivity contribution >= 4 is 11.3 Å². The second-order valence-corrected chi connectivity index (χ2v) is 5.61. The van der Waals surface area contributed by atoms with E-state index in [9.17, 15) is 0 Å². The molecule has 1 atom stereocenters. The van der Waals surface area contributed by atoms with Crippen molar-refractivity contribution in [1.82, 2.24) is 10.3 Å². The van der Waals surface area contributed by atoms with Crippen molar-refractivity contribution in [2.24, 2.45) is 0 Å². The van der Waals surface area contributed by atoms with E-state index >= 15 is 0 Å². The van der Waals surface area contributed by atoms with Crippen molar-refractivity contribution in [2.45, 2.75) is 31.2 Å². The summed E-state index contributed by atoms with van der Waals surface area (Å²) < 4.78 is 0. The first-order valence-electron chi connectivity index (χ1n) is 6.54. The molecule has 94 valence electrons. The van der Waals surface area contributed by atoms with Gasteiger partial charge in [0.25, 0.3) is 0 Å². The van der Waals surface area contributed by atoms with Crippen LogP contribution in [0.5, 0.6) is 0 Å². The number of rotatable bonds is 4. The number of nitrogens with zero attached hydrogens (tertiary/aromatic N) is 1. The summed E-state index contributed by atoms with van der Waals surface area (Å²) in [6.07, 6.45) is 4.05. The molecule has 18 heavy (non-hydrogen) atoms. The van der Waals surface area contributed by atoms with E-state index in [1.165, 1.54) is 30.4 Å². The predicted octanol–water partition coefficient (Wildman–Crippen LogP) is 3.72. The highest BCUT2D eigenvalue weighted by Crippen LogP contribution is 2.40. The highest BCUT2D eigenvalue weighted by atomic mass is 32.1. The fourth-order valence-electron chi connectivity index (χ4n) is 2.69. The van der Waals surface area contributed by atoms with Gasteiger partial charge in [-0.2, -0.15) is 0 Å². The Morgan fingerprint density at radius 1 is 1.33 bits per heavy atom. The van der Waals surface area contributed by atoms with Crippen LogP contribution in [0, 0.1) is 0 Å². The average Bonchev–Trinajstić information content (AvgIpc) is 2.84. The molecular weight excluding hydrogens is 240 g/mol. The lowest BCUT2D eigenvalue weighted by Crippen LogP contribution is -2.21. The third-order valence-corrected chi connectivity index (χ3v) is 4.49. The molecule has 0 amide bonds. The Hall–Kier alpha value is -1.19. The highest BCUT2D eigenvalue weighted by molar-refractivity contribution is 7.07. The SMILES string of the molecule is CNC(c1cscn1)c1ccccc1C1CCC1.